The highest BCUT2D eigenvalue weighted by atomic mass is 16.3. The monoisotopic (exact) mass is 211 g/mol. The Kier molecular flexibility index (Phi) is 4.55. The van der Waals surface area contributed by atoms with Crippen LogP contribution in [0.4, 0.5) is 0 Å². The molecule has 0 amide bonds. The van der Waals surface area contributed by atoms with Crippen LogP contribution < -0.4 is 5.73 Å². The van der Waals surface area contributed by atoms with Crippen molar-refractivity contribution in [3.05, 3.63) is 29.3 Å². The summed E-state index contributed by atoms with van der Waals surface area (Å²) < 4.78 is 0. The molecule has 0 heterocycles. The van der Waals surface area contributed by atoms with Crippen molar-refractivity contribution in [3.63, 3.8) is 0 Å². The minimum atomic E-state index is -0.489. The molecule has 0 aromatic heterocycles. The van der Waals surface area contributed by atoms with Crippen molar-refractivity contribution in [2.45, 2.75) is 25.6 Å². The van der Waals surface area contributed by atoms with E-state index in [1.165, 1.54) is 0 Å². The van der Waals surface area contributed by atoms with E-state index in [0.29, 0.717) is 18.4 Å². The number of aromatic hydroxyl groups is 1. The second-order valence-corrected chi connectivity index (χ2v) is 3.55. The van der Waals surface area contributed by atoms with E-state index in [-0.39, 0.29) is 18.9 Å². The Morgan fingerprint density at radius 1 is 1.33 bits per heavy atom. The highest BCUT2D eigenvalue weighted by Gasteiger charge is 2.04. The van der Waals surface area contributed by atoms with E-state index in [2.05, 4.69) is 0 Å². The topological polar surface area (TPSA) is 86.7 Å². The van der Waals surface area contributed by atoms with Crippen LogP contribution in [-0.2, 0) is 13.0 Å². The second-order valence-electron chi connectivity index (χ2n) is 3.55. The number of aryl methyl sites for hydroxylation is 1. The fourth-order valence-corrected chi connectivity index (χ4v) is 1.37. The lowest BCUT2D eigenvalue weighted by Gasteiger charge is -2.08. The number of rotatable bonds is 5. The van der Waals surface area contributed by atoms with E-state index >= 15 is 0 Å². The third kappa shape index (κ3) is 3.51. The molecule has 0 aliphatic carbocycles. The van der Waals surface area contributed by atoms with Gasteiger partial charge in [0.1, 0.15) is 5.75 Å². The van der Waals surface area contributed by atoms with Gasteiger partial charge >= 0.3 is 0 Å². The van der Waals surface area contributed by atoms with Gasteiger partial charge < -0.3 is 21.1 Å². The maximum atomic E-state index is 9.33. The van der Waals surface area contributed by atoms with Gasteiger partial charge in [-0.25, -0.2) is 0 Å². The summed E-state index contributed by atoms with van der Waals surface area (Å²) in [5.74, 6) is 0.0978. The average molecular weight is 211 g/mol. The summed E-state index contributed by atoms with van der Waals surface area (Å²) >= 11 is 0. The number of aliphatic hydroxyl groups excluding tert-OH is 2. The van der Waals surface area contributed by atoms with Crippen LogP contribution in [-0.4, -0.2) is 28.0 Å². The molecule has 0 bridgehead atoms. The molecule has 0 radical (unpaired) electrons. The molecule has 1 rings (SSSR count). The minimum Gasteiger partial charge on any atom is -0.508 e. The van der Waals surface area contributed by atoms with Gasteiger partial charge in [0.15, 0.2) is 0 Å². The Balaban J connectivity index is 2.62. The van der Waals surface area contributed by atoms with Gasteiger partial charge in [0.25, 0.3) is 0 Å². The summed E-state index contributed by atoms with van der Waals surface area (Å²) in [5, 5.41) is 27.5. The zero-order valence-corrected chi connectivity index (χ0v) is 8.56. The molecule has 5 N–H and O–H groups in total. The van der Waals surface area contributed by atoms with E-state index in [1.807, 2.05) is 0 Å². The van der Waals surface area contributed by atoms with Crippen LogP contribution in [0.15, 0.2) is 18.2 Å². The molecule has 1 aromatic rings. The maximum Gasteiger partial charge on any atom is 0.121 e. The lowest BCUT2D eigenvalue weighted by atomic mass is 10.0. The summed E-state index contributed by atoms with van der Waals surface area (Å²) in [6.07, 6.45) is 0.786. The largest absolute Gasteiger partial charge is 0.508 e. The number of phenols is 1. The second kappa shape index (κ2) is 5.70. The van der Waals surface area contributed by atoms with Gasteiger partial charge in [-0.05, 0) is 30.5 Å². The molecule has 0 aliphatic rings. The lowest BCUT2D eigenvalue weighted by molar-refractivity contribution is 0.173. The van der Waals surface area contributed by atoms with Crippen LogP contribution in [0.1, 0.15) is 17.5 Å². The molecule has 4 heteroatoms. The standard InChI is InChI=1S/C11H17NO3/c12-6-10(14)3-1-8-2-4-11(15)9(5-8)7-13/h2,4-5,10,13-15H,1,3,6-7,12H2. The zero-order valence-electron chi connectivity index (χ0n) is 8.56. The van der Waals surface area contributed by atoms with Crippen molar-refractivity contribution < 1.29 is 15.3 Å². The Labute approximate surface area is 89.0 Å². The minimum absolute atomic E-state index is 0.0978. The Morgan fingerprint density at radius 3 is 2.67 bits per heavy atom. The first-order chi connectivity index (χ1) is 7.17. The summed E-state index contributed by atoms with van der Waals surface area (Å²) in [5.41, 5.74) is 6.77. The van der Waals surface area contributed by atoms with Crippen molar-refractivity contribution in [1.82, 2.24) is 0 Å². The van der Waals surface area contributed by atoms with Crippen LogP contribution in [0.2, 0.25) is 0 Å². The molecule has 4 nitrogen and oxygen atoms in total. The molecular formula is C11H17NO3. The van der Waals surface area contributed by atoms with Gasteiger partial charge in [-0.15, -0.1) is 0 Å². The fraction of sp³-hybridized carbons (Fsp3) is 0.455. The third-order valence-corrected chi connectivity index (χ3v) is 2.35. The van der Waals surface area contributed by atoms with E-state index in [4.69, 9.17) is 10.8 Å². The molecule has 0 aliphatic heterocycles. The molecule has 1 unspecified atom stereocenters. The SMILES string of the molecule is NCC(O)CCc1ccc(O)c(CO)c1. The third-order valence-electron chi connectivity index (χ3n) is 2.35. The van der Waals surface area contributed by atoms with E-state index < -0.39 is 6.10 Å². The highest BCUT2D eigenvalue weighted by molar-refractivity contribution is 5.35. The Hall–Kier alpha value is -1.10. The molecule has 0 fully saturated rings. The molecule has 15 heavy (non-hydrogen) atoms. The summed E-state index contributed by atoms with van der Waals surface area (Å²) in [6, 6.07) is 5.06. The summed E-state index contributed by atoms with van der Waals surface area (Å²) in [7, 11) is 0. The molecule has 0 saturated heterocycles. The number of hydrogen-bond donors (Lipinski definition) is 4. The van der Waals surface area contributed by atoms with Gasteiger partial charge in [-0.2, -0.15) is 0 Å². The van der Waals surface area contributed by atoms with Crippen LogP contribution in [0.3, 0.4) is 0 Å². The molecule has 0 saturated carbocycles. The molecule has 0 spiro atoms. The van der Waals surface area contributed by atoms with Crippen molar-refractivity contribution in [3.8, 4) is 5.75 Å². The van der Waals surface area contributed by atoms with Gasteiger partial charge in [0.05, 0.1) is 12.7 Å². The Bertz CT molecular complexity index is 315. The van der Waals surface area contributed by atoms with Gasteiger partial charge in [-0.3, -0.25) is 0 Å². The quantitative estimate of drug-likeness (QED) is 0.558. The van der Waals surface area contributed by atoms with E-state index in [1.54, 1.807) is 18.2 Å². The lowest BCUT2D eigenvalue weighted by Crippen LogP contribution is -2.20. The molecule has 84 valence electrons. The predicted molar refractivity (Wildman–Crippen MR) is 57.4 cm³/mol. The highest BCUT2D eigenvalue weighted by Crippen LogP contribution is 2.19. The van der Waals surface area contributed by atoms with Crippen molar-refractivity contribution in [1.29, 1.82) is 0 Å². The summed E-state index contributed by atoms with van der Waals surface area (Å²) in [6.45, 7) is 0.0735. The van der Waals surface area contributed by atoms with Gasteiger partial charge in [0, 0.05) is 12.1 Å². The average Bonchev–Trinajstić information content (AvgIpc) is 2.27. The van der Waals surface area contributed by atoms with Crippen LogP contribution in [0, 0.1) is 0 Å². The van der Waals surface area contributed by atoms with Crippen molar-refractivity contribution in [2.24, 2.45) is 5.73 Å². The fourth-order valence-electron chi connectivity index (χ4n) is 1.37. The first-order valence-electron chi connectivity index (χ1n) is 4.97. The van der Waals surface area contributed by atoms with Crippen molar-refractivity contribution in [2.75, 3.05) is 6.54 Å². The number of benzene rings is 1. The summed E-state index contributed by atoms with van der Waals surface area (Å²) in [4.78, 5) is 0. The van der Waals surface area contributed by atoms with Crippen LogP contribution >= 0.6 is 0 Å². The number of hydrogen-bond acceptors (Lipinski definition) is 4. The number of nitrogens with two attached hydrogens (primary N) is 1. The normalized spacial score (nSPS) is 12.7. The molecule has 1 atom stereocenters. The predicted octanol–water partition coefficient (Wildman–Crippen LogP) is 0.137. The van der Waals surface area contributed by atoms with Gasteiger partial charge in [0.2, 0.25) is 0 Å². The van der Waals surface area contributed by atoms with Gasteiger partial charge in [-0.1, -0.05) is 6.07 Å². The van der Waals surface area contributed by atoms with Crippen molar-refractivity contribution >= 4 is 0 Å². The smallest absolute Gasteiger partial charge is 0.121 e. The maximum absolute atomic E-state index is 9.33. The zero-order chi connectivity index (χ0) is 11.3. The first-order valence-corrected chi connectivity index (χ1v) is 4.97. The van der Waals surface area contributed by atoms with E-state index in [0.717, 1.165) is 5.56 Å². The first kappa shape index (κ1) is 12.0. The van der Waals surface area contributed by atoms with E-state index in [9.17, 15) is 10.2 Å². The molecule has 1 aromatic carbocycles. The number of aliphatic hydroxyl groups is 2. The molecular weight excluding hydrogens is 194 g/mol. The Morgan fingerprint density at radius 2 is 2.07 bits per heavy atom. The van der Waals surface area contributed by atoms with Crippen LogP contribution in [0.25, 0.3) is 0 Å². The van der Waals surface area contributed by atoms with Crippen LogP contribution in [0.5, 0.6) is 5.75 Å².